The van der Waals surface area contributed by atoms with Crippen molar-refractivity contribution in [2.24, 2.45) is 7.05 Å². The lowest BCUT2D eigenvalue weighted by molar-refractivity contribution is 0.423. The molecule has 7 nitrogen and oxygen atoms in total. The fourth-order valence-electron chi connectivity index (χ4n) is 2.49. The van der Waals surface area contributed by atoms with Gasteiger partial charge >= 0.3 is 0 Å². The lowest BCUT2D eigenvalue weighted by Crippen LogP contribution is -2.05. The molecule has 0 aliphatic carbocycles. The van der Waals surface area contributed by atoms with Crippen LogP contribution in [0.4, 0.5) is 0 Å². The number of aromatic nitrogens is 6. The molecular weight excluding hydrogens is 336 g/mol. The van der Waals surface area contributed by atoms with Gasteiger partial charge in [-0.2, -0.15) is 17.6 Å². The van der Waals surface area contributed by atoms with Gasteiger partial charge in [-0.25, -0.2) is 0 Å². The third-order valence-corrected chi connectivity index (χ3v) is 4.26. The van der Waals surface area contributed by atoms with Gasteiger partial charge in [0.2, 0.25) is 0 Å². The lowest BCUT2D eigenvalue weighted by Gasteiger charge is -2.07. The number of benzene rings is 1. The Morgan fingerprint density at radius 3 is 2.52 bits per heavy atom. The van der Waals surface area contributed by atoms with Crippen molar-refractivity contribution in [3.63, 3.8) is 0 Å². The molecule has 3 heterocycles. The van der Waals surface area contributed by atoms with Crippen LogP contribution >= 0.6 is 12.6 Å². The van der Waals surface area contributed by atoms with E-state index in [1.165, 1.54) is 0 Å². The van der Waals surface area contributed by atoms with Crippen LogP contribution in [0.3, 0.4) is 0 Å². The molecule has 0 fully saturated rings. The average Bonchev–Trinajstić information content (AvgIpc) is 3.30. The van der Waals surface area contributed by atoms with Gasteiger partial charge in [0.15, 0.2) is 17.5 Å². The third-order valence-electron chi connectivity index (χ3n) is 3.80. The van der Waals surface area contributed by atoms with E-state index in [0.29, 0.717) is 17.5 Å². The zero-order valence-corrected chi connectivity index (χ0v) is 14.2. The van der Waals surface area contributed by atoms with Crippen LogP contribution in [-0.4, -0.2) is 29.9 Å². The minimum Gasteiger partial charge on any atom is -0.334 e. The molecule has 0 N–H and O–H groups in total. The Labute approximate surface area is 149 Å². The van der Waals surface area contributed by atoms with Crippen LogP contribution in [0.15, 0.2) is 59.4 Å². The second kappa shape index (κ2) is 6.48. The van der Waals surface area contributed by atoms with E-state index in [-0.39, 0.29) is 0 Å². The SMILES string of the molecule is Cn1c(-c2ccncc2)nnc1C(S)c1noc(-c2ccccc2)n1. The van der Waals surface area contributed by atoms with Gasteiger partial charge in [-0.3, -0.25) is 4.98 Å². The maximum absolute atomic E-state index is 5.35. The summed E-state index contributed by atoms with van der Waals surface area (Å²) in [7, 11) is 1.88. The normalized spacial score (nSPS) is 12.2. The van der Waals surface area contributed by atoms with E-state index in [4.69, 9.17) is 4.52 Å². The van der Waals surface area contributed by atoms with Gasteiger partial charge in [-0.1, -0.05) is 23.4 Å². The van der Waals surface area contributed by atoms with E-state index in [1.807, 2.05) is 54.1 Å². The van der Waals surface area contributed by atoms with Gasteiger partial charge in [0.1, 0.15) is 5.25 Å². The molecule has 8 heteroatoms. The molecule has 0 aliphatic rings. The van der Waals surface area contributed by atoms with E-state index in [1.54, 1.807) is 12.4 Å². The van der Waals surface area contributed by atoms with Crippen molar-refractivity contribution in [2.45, 2.75) is 5.25 Å². The zero-order valence-electron chi connectivity index (χ0n) is 13.3. The molecule has 0 spiro atoms. The first-order chi connectivity index (χ1) is 12.2. The third kappa shape index (κ3) is 2.91. The second-order valence-corrected chi connectivity index (χ2v) is 5.92. The predicted molar refractivity (Wildman–Crippen MR) is 94.8 cm³/mol. The summed E-state index contributed by atoms with van der Waals surface area (Å²) in [5, 5.41) is 12.1. The van der Waals surface area contributed by atoms with Crippen LogP contribution in [-0.2, 0) is 7.05 Å². The van der Waals surface area contributed by atoms with E-state index < -0.39 is 5.25 Å². The number of rotatable bonds is 4. The largest absolute Gasteiger partial charge is 0.334 e. The quantitative estimate of drug-likeness (QED) is 0.570. The number of thiol groups is 1. The van der Waals surface area contributed by atoms with Crippen molar-refractivity contribution in [3.8, 4) is 22.8 Å². The summed E-state index contributed by atoms with van der Waals surface area (Å²) >= 11 is 4.61. The molecule has 124 valence electrons. The number of pyridine rings is 1. The summed E-state index contributed by atoms with van der Waals surface area (Å²) in [5.74, 6) is 2.25. The smallest absolute Gasteiger partial charge is 0.257 e. The standard InChI is InChI=1S/C17H14N6OS/c1-23-15(11-7-9-18-10-8-11)20-21-16(23)13(25)14-19-17(24-22-14)12-5-3-2-4-6-12/h2-10,13,25H,1H3. The van der Waals surface area contributed by atoms with Crippen molar-refractivity contribution in [1.82, 2.24) is 29.9 Å². The first-order valence-electron chi connectivity index (χ1n) is 7.61. The van der Waals surface area contributed by atoms with Crippen LogP contribution in [0.25, 0.3) is 22.8 Å². The number of nitrogens with zero attached hydrogens (tertiary/aromatic N) is 6. The average molecular weight is 350 g/mol. The van der Waals surface area contributed by atoms with Gasteiger partial charge < -0.3 is 9.09 Å². The van der Waals surface area contributed by atoms with Crippen LogP contribution in [0.1, 0.15) is 16.9 Å². The van der Waals surface area contributed by atoms with Crippen molar-refractivity contribution >= 4 is 12.6 Å². The topological polar surface area (TPSA) is 82.5 Å². The highest BCUT2D eigenvalue weighted by Crippen LogP contribution is 2.28. The highest BCUT2D eigenvalue weighted by Gasteiger charge is 2.23. The Kier molecular flexibility index (Phi) is 4.02. The molecule has 0 aliphatic heterocycles. The maximum Gasteiger partial charge on any atom is 0.257 e. The molecule has 25 heavy (non-hydrogen) atoms. The molecule has 3 aromatic heterocycles. The lowest BCUT2D eigenvalue weighted by atomic mass is 10.2. The fraction of sp³-hybridized carbons (Fsp3) is 0.118. The molecule has 1 atom stereocenters. The molecule has 0 saturated heterocycles. The molecule has 0 saturated carbocycles. The summed E-state index contributed by atoms with van der Waals surface area (Å²) in [5.41, 5.74) is 1.78. The zero-order chi connectivity index (χ0) is 17.2. The van der Waals surface area contributed by atoms with E-state index in [2.05, 4.69) is 38.0 Å². The Morgan fingerprint density at radius 1 is 1.00 bits per heavy atom. The monoisotopic (exact) mass is 350 g/mol. The molecule has 0 bridgehead atoms. The van der Waals surface area contributed by atoms with Gasteiger partial charge in [0.25, 0.3) is 5.89 Å². The molecule has 0 radical (unpaired) electrons. The summed E-state index contributed by atoms with van der Waals surface area (Å²) in [4.78, 5) is 8.45. The fourth-order valence-corrected chi connectivity index (χ4v) is 2.82. The summed E-state index contributed by atoms with van der Waals surface area (Å²) in [6, 6.07) is 13.3. The highest BCUT2D eigenvalue weighted by atomic mass is 32.1. The first-order valence-corrected chi connectivity index (χ1v) is 8.12. The van der Waals surface area contributed by atoms with Crippen LogP contribution in [0.2, 0.25) is 0 Å². The molecular formula is C17H14N6OS. The van der Waals surface area contributed by atoms with Gasteiger partial charge in [-0.15, -0.1) is 10.2 Å². The second-order valence-electron chi connectivity index (χ2n) is 5.40. The molecule has 1 aromatic carbocycles. The molecule has 1 unspecified atom stereocenters. The Morgan fingerprint density at radius 2 is 1.76 bits per heavy atom. The maximum atomic E-state index is 5.35. The number of hydrogen-bond donors (Lipinski definition) is 1. The Balaban J connectivity index is 1.65. The van der Waals surface area contributed by atoms with Crippen LogP contribution in [0, 0.1) is 0 Å². The summed E-state index contributed by atoms with van der Waals surface area (Å²) < 4.78 is 7.22. The minimum absolute atomic E-state index is 0.443. The molecule has 0 amide bonds. The Bertz CT molecular complexity index is 983. The molecule has 4 aromatic rings. The van der Waals surface area contributed by atoms with Gasteiger partial charge in [0, 0.05) is 30.6 Å². The predicted octanol–water partition coefficient (Wildman–Crippen LogP) is 2.95. The van der Waals surface area contributed by atoms with E-state index >= 15 is 0 Å². The van der Waals surface area contributed by atoms with Crippen molar-refractivity contribution < 1.29 is 4.52 Å². The number of hydrogen-bond acceptors (Lipinski definition) is 7. The highest BCUT2D eigenvalue weighted by molar-refractivity contribution is 7.80. The van der Waals surface area contributed by atoms with Crippen molar-refractivity contribution in [1.29, 1.82) is 0 Å². The first kappa shape index (κ1) is 15.5. The van der Waals surface area contributed by atoms with Crippen LogP contribution in [0.5, 0.6) is 0 Å². The van der Waals surface area contributed by atoms with Crippen molar-refractivity contribution in [2.75, 3.05) is 0 Å². The van der Waals surface area contributed by atoms with E-state index in [9.17, 15) is 0 Å². The minimum atomic E-state index is -0.450. The van der Waals surface area contributed by atoms with Gasteiger partial charge in [-0.05, 0) is 24.3 Å². The van der Waals surface area contributed by atoms with Crippen molar-refractivity contribution in [3.05, 3.63) is 66.5 Å². The summed E-state index contributed by atoms with van der Waals surface area (Å²) in [6.07, 6.45) is 3.43. The van der Waals surface area contributed by atoms with E-state index in [0.717, 1.165) is 17.0 Å². The van der Waals surface area contributed by atoms with Gasteiger partial charge in [0.05, 0.1) is 0 Å². The Hall–Kier alpha value is -3.00. The summed E-state index contributed by atoms with van der Waals surface area (Å²) in [6.45, 7) is 0. The van der Waals surface area contributed by atoms with Crippen LogP contribution < -0.4 is 0 Å². The molecule has 4 rings (SSSR count).